The lowest BCUT2D eigenvalue weighted by atomic mass is 10.0. The van der Waals surface area contributed by atoms with Crippen LogP contribution < -0.4 is 0 Å². The lowest BCUT2D eigenvalue weighted by molar-refractivity contribution is 0.0753. The van der Waals surface area contributed by atoms with Crippen LogP contribution in [0.15, 0.2) is 0 Å². The first kappa shape index (κ1) is 8.50. The molecule has 1 saturated heterocycles. The maximum absolute atomic E-state index is 4.96. The van der Waals surface area contributed by atoms with E-state index in [1.54, 1.807) is 7.11 Å². The predicted octanol–water partition coefficient (Wildman–Crippen LogP) is 0.960. The van der Waals surface area contributed by atoms with Crippen molar-refractivity contribution >= 4 is 15.9 Å². The molecular formula is C7H14BrNO. The fourth-order valence-electron chi connectivity index (χ4n) is 1.18. The number of likely N-dealkylation sites (tertiary alicyclic amines) is 1. The van der Waals surface area contributed by atoms with Crippen LogP contribution in [0.4, 0.5) is 0 Å². The Morgan fingerprint density at radius 1 is 1.60 bits per heavy atom. The second-order valence-electron chi connectivity index (χ2n) is 2.77. The molecule has 60 valence electrons. The van der Waals surface area contributed by atoms with E-state index < -0.39 is 0 Å². The summed E-state index contributed by atoms with van der Waals surface area (Å²) in [5.41, 5.74) is 0. The van der Waals surface area contributed by atoms with Crippen molar-refractivity contribution in [3.05, 3.63) is 0 Å². The van der Waals surface area contributed by atoms with Gasteiger partial charge in [-0.2, -0.15) is 0 Å². The normalized spacial score (nSPS) is 21.0. The van der Waals surface area contributed by atoms with Gasteiger partial charge in [0, 0.05) is 32.1 Å². The molecule has 1 fully saturated rings. The SMILES string of the molecule is COCCN1CC(CBr)C1. The van der Waals surface area contributed by atoms with E-state index in [0.29, 0.717) is 0 Å². The Kier molecular flexibility index (Phi) is 3.66. The third-order valence-corrected chi connectivity index (χ3v) is 2.78. The Bertz CT molecular complexity index is 90.9. The third-order valence-electron chi connectivity index (χ3n) is 1.86. The van der Waals surface area contributed by atoms with E-state index in [1.807, 2.05) is 0 Å². The fraction of sp³-hybridized carbons (Fsp3) is 1.00. The van der Waals surface area contributed by atoms with Crippen molar-refractivity contribution in [3.63, 3.8) is 0 Å². The van der Waals surface area contributed by atoms with Gasteiger partial charge in [0.05, 0.1) is 6.61 Å². The molecular weight excluding hydrogens is 194 g/mol. The molecule has 0 aliphatic carbocycles. The summed E-state index contributed by atoms with van der Waals surface area (Å²) in [7, 11) is 1.75. The number of rotatable bonds is 4. The van der Waals surface area contributed by atoms with E-state index >= 15 is 0 Å². The Labute approximate surface area is 70.7 Å². The zero-order chi connectivity index (χ0) is 7.40. The molecule has 0 saturated carbocycles. The Morgan fingerprint density at radius 2 is 2.30 bits per heavy atom. The Morgan fingerprint density at radius 3 is 2.80 bits per heavy atom. The molecule has 2 nitrogen and oxygen atoms in total. The number of hydrogen-bond donors (Lipinski definition) is 0. The van der Waals surface area contributed by atoms with Crippen molar-refractivity contribution in [1.82, 2.24) is 4.90 Å². The average molecular weight is 208 g/mol. The lowest BCUT2D eigenvalue weighted by Crippen LogP contribution is -2.48. The quantitative estimate of drug-likeness (QED) is 0.638. The Balaban J connectivity index is 1.93. The van der Waals surface area contributed by atoms with Crippen LogP contribution in [0.3, 0.4) is 0 Å². The second kappa shape index (κ2) is 4.31. The van der Waals surface area contributed by atoms with Gasteiger partial charge < -0.3 is 9.64 Å². The molecule has 0 aromatic heterocycles. The van der Waals surface area contributed by atoms with E-state index in [2.05, 4.69) is 20.8 Å². The number of alkyl halides is 1. The van der Waals surface area contributed by atoms with E-state index in [9.17, 15) is 0 Å². The standard InChI is InChI=1S/C7H14BrNO/c1-10-3-2-9-5-7(4-8)6-9/h7H,2-6H2,1H3. The molecule has 1 rings (SSSR count). The monoisotopic (exact) mass is 207 g/mol. The zero-order valence-corrected chi connectivity index (χ0v) is 7.93. The number of nitrogens with zero attached hydrogens (tertiary/aromatic N) is 1. The molecule has 1 aliphatic rings. The van der Waals surface area contributed by atoms with Gasteiger partial charge in [-0.3, -0.25) is 0 Å². The van der Waals surface area contributed by atoms with Crippen LogP contribution in [0.5, 0.6) is 0 Å². The summed E-state index contributed by atoms with van der Waals surface area (Å²) in [6.45, 7) is 4.46. The van der Waals surface area contributed by atoms with Crippen molar-refractivity contribution < 1.29 is 4.74 Å². The number of halogens is 1. The highest BCUT2D eigenvalue weighted by Crippen LogP contribution is 2.16. The molecule has 1 heterocycles. The first-order valence-corrected chi connectivity index (χ1v) is 4.76. The predicted molar refractivity (Wildman–Crippen MR) is 45.6 cm³/mol. The van der Waals surface area contributed by atoms with E-state index in [-0.39, 0.29) is 0 Å². The fourth-order valence-corrected chi connectivity index (χ4v) is 1.59. The molecule has 0 radical (unpaired) electrons. The Hall–Kier alpha value is 0.400. The van der Waals surface area contributed by atoms with Gasteiger partial charge in [-0.25, -0.2) is 0 Å². The van der Waals surface area contributed by atoms with Crippen molar-refractivity contribution in [2.45, 2.75) is 0 Å². The topological polar surface area (TPSA) is 12.5 Å². The van der Waals surface area contributed by atoms with Gasteiger partial charge in [0.15, 0.2) is 0 Å². The average Bonchev–Trinajstić information content (AvgIpc) is 1.86. The molecule has 0 amide bonds. The summed E-state index contributed by atoms with van der Waals surface area (Å²) in [5.74, 6) is 0.886. The number of methoxy groups -OCH3 is 1. The maximum atomic E-state index is 4.96. The minimum Gasteiger partial charge on any atom is -0.383 e. The molecule has 0 bridgehead atoms. The smallest absolute Gasteiger partial charge is 0.0589 e. The van der Waals surface area contributed by atoms with Gasteiger partial charge in [0.2, 0.25) is 0 Å². The highest BCUT2D eigenvalue weighted by atomic mass is 79.9. The van der Waals surface area contributed by atoms with Crippen LogP contribution in [0.25, 0.3) is 0 Å². The first-order chi connectivity index (χ1) is 4.86. The molecule has 10 heavy (non-hydrogen) atoms. The molecule has 0 unspecified atom stereocenters. The van der Waals surface area contributed by atoms with Crippen molar-refractivity contribution in [2.75, 3.05) is 38.7 Å². The van der Waals surface area contributed by atoms with Gasteiger partial charge in [-0.05, 0) is 5.92 Å². The number of ether oxygens (including phenoxy) is 1. The van der Waals surface area contributed by atoms with Crippen LogP contribution in [0.2, 0.25) is 0 Å². The zero-order valence-electron chi connectivity index (χ0n) is 6.35. The van der Waals surface area contributed by atoms with Gasteiger partial charge in [0.25, 0.3) is 0 Å². The first-order valence-electron chi connectivity index (χ1n) is 3.64. The van der Waals surface area contributed by atoms with Gasteiger partial charge >= 0.3 is 0 Å². The van der Waals surface area contributed by atoms with Crippen LogP contribution in [0, 0.1) is 5.92 Å². The molecule has 0 aromatic rings. The van der Waals surface area contributed by atoms with Crippen LogP contribution in [-0.2, 0) is 4.74 Å². The summed E-state index contributed by atoms with van der Waals surface area (Å²) in [5, 5.41) is 1.15. The summed E-state index contributed by atoms with van der Waals surface area (Å²) < 4.78 is 4.96. The summed E-state index contributed by atoms with van der Waals surface area (Å²) >= 11 is 3.46. The molecule has 3 heteroatoms. The maximum Gasteiger partial charge on any atom is 0.0589 e. The van der Waals surface area contributed by atoms with Gasteiger partial charge in [-0.15, -0.1) is 0 Å². The highest BCUT2D eigenvalue weighted by Gasteiger charge is 2.24. The van der Waals surface area contributed by atoms with Crippen molar-refractivity contribution in [1.29, 1.82) is 0 Å². The minimum atomic E-state index is 0.870. The van der Waals surface area contributed by atoms with Crippen LogP contribution in [0.1, 0.15) is 0 Å². The third kappa shape index (κ3) is 2.22. The largest absolute Gasteiger partial charge is 0.383 e. The van der Waals surface area contributed by atoms with E-state index in [4.69, 9.17) is 4.74 Å². The second-order valence-corrected chi connectivity index (χ2v) is 3.42. The van der Waals surface area contributed by atoms with Crippen molar-refractivity contribution in [3.8, 4) is 0 Å². The van der Waals surface area contributed by atoms with Gasteiger partial charge in [0.1, 0.15) is 0 Å². The molecule has 0 aromatic carbocycles. The van der Waals surface area contributed by atoms with Gasteiger partial charge in [-0.1, -0.05) is 15.9 Å². The number of hydrogen-bond acceptors (Lipinski definition) is 2. The highest BCUT2D eigenvalue weighted by molar-refractivity contribution is 9.09. The van der Waals surface area contributed by atoms with E-state index in [1.165, 1.54) is 13.1 Å². The molecule has 0 N–H and O–H groups in total. The molecule has 1 aliphatic heterocycles. The summed E-state index contributed by atoms with van der Waals surface area (Å²) in [6, 6.07) is 0. The molecule has 0 spiro atoms. The lowest BCUT2D eigenvalue weighted by Gasteiger charge is -2.38. The minimum absolute atomic E-state index is 0.870. The van der Waals surface area contributed by atoms with E-state index in [0.717, 1.165) is 24.4 Å². The van der Waals surface area contributed by atoms with Crippen molar-refractivity contribution in [2.24, 2.45) is 5.92 Å². The van der Waals surface area contributed by atoms with Crippen LogP contribution in [-0.4, -0.2) is 43.6 Å². The summed E-state index contributed by atoms with van der Waals surface area (Å²) in [4.78, 5) is 2.41. The summed E-state index contributed by atoms with van der Waals surface area (Å²) in [6.07, 6.45) is 0. The van der Waals surface area contributed by atoms with Crippen LogP contribution >= 0.6 is 15.9 Å². The molecule has 0 atom stereocenters.